The van der Waals surface area contributed by atoms with Gasteiger partial charge >= 0.3 is 0 Å². The fourth-order valence-electron chi connectivity index (χ4n) is 3.90. The molecule has 2 N–H and O–H groups in total. The van der Waals surface area contributed by atoms with Crippen LogP contribution in [0.25, 0.3) is 11.1 Å². The first-order chi connectivity index (χ1) is 15.2. The van der Waals surface area contributed by atoms with E-state index in [9.17, 15) is 8.78 Å². The average Bonchev–Trinajstić information content (AvgIpc) is 3.42. The van der Waals surface area contributed by atoms with Crippen molar-refractivity contribution in [2.75, 3.05) is 31.6 Å². The van der Waals surface area contributed by atoms with E-state index in [4.69, 9.17) is 9.15 Å². The zero-order valence-electron chi connectivity index (χ0n) is 18.0. The number of aromatic nitrogens is 1. The second-order valence-electron chi connectivity index (χ2n) is 8.12. The second-order valence-corrected chi connectivity index (χ2v) is 8.12. The number of aryl methyl sites for hydroxylation is 1. The molecular formula is C24H30ClF2N3O2. The Morgan fingerprint density at radius 3 is 2.69 bits per heavy atom. The van der Waals surface area contributed by atoms with Gasteiger partial charge in [-0.2, -0.15) is 4.98 Å². The summed E-state index contributed by atoms with van der Waals surface area (Å²) in [4.78, 5) is 4.52. The van der Waals surface area contributed by atoms with Crippen molar-refractivity contribution in [2.24, 2.45) is 5.92 Å². The number of hydrogen-bond acceptors (Lipinski definition) is 5. The molecule has 0 radical (unpaired) electrons. The molecule has 5 nitrogen and oxygen atoms in total. The van der Waals surface area contributed by atoms with Crippen molar-refractivity contribution in [2.45, 2.75) is 38.5 Å². The van der Waals surface area contributed by atoms with Crippen LogP contribution in [0, 0.1) is 17.6 Å². The third-order valence-corrected chi connectivity index (χ3v) is 5.68. The molecule has 2 heterocycles. The van der Waals surface area contributed by atoms with Crippen LogP contribution in [0.2, 0.25) is 0 Å². The summed E-state index contributed by atoms with van der Waals surface area (Å²) in [6, 6.07) is 10.5. The molecule has 1 saturated heterocycles. The summed E-state index contributed by atoms with van der Waals surface area (Å²) in [6.07, 6.45) is 5.91. The van der Waals surface area contributed by atoms with Crippen molar-refractivity contribution in [1.82, 2.24) is 10.3 Å². The average molecular weight is 466 g/mol. The Balaban J connectivity index is 0.00000289. The molecule has 0 unspecified atom stereocenters. The number of oxazole rings is 1. The van der Waals surface area contributed by atoms with Gasteiger partial charge in [0.15, 0.2) is 23.0 Å². The lowest BCUT2D eigenvalue weighted by Gasteiger charge is -2.08. The number of ether oxygens (including phenoxy) is 1. The number of anilines is 1. The highest BCUT2D eigenvalue weighted by Gasteiger charge is 2.15. The number of fused-ring (bicyclic) bond motifs is 1. The zero-order valence-corrected chi connectivity index (χ0v) is 18.9. The van der Waals surface area contributed by atoms with Crippen LogP contribution >= 0.6 is 12.4 Å². The fraction of sp³-hybridized carbons (Fsp3) is 0.458. The third-order valence-electron chi connectivity index (χ3n) is 5.68. The lowest BCUT2D eigenvalue weighted by atomic mass is 10.1. The van der Waals surface area contributed by atoms with E-state index in [1.807, 2.05) is 6.07 Å². The van der Waals surface area contributed by atoms with E-state index in [0.717, 1.165) is 62.8 Å². The van der Waals surface area contributed by atoms with Crippen molar-refractivity contribution in [1.29, 1.82) is 0 Å². The van der Waals surface area contributed by atoms with Crippen LogP contribution in [0.3, 0.4) is 0 Å². The van der Waals surface area contributed by atoms with E-state index in [2.05, 4.69) is 27.8 Å². The van der Waals surface area contributed by atoms with Gasteiger partial charge in [-0.1, -0.05) is 25.0 Å². The Bertz CT molecular complexity index is 972. The summed E-state index contributed by atoms with van der Waals surface area (Å²) in [6.45, 7) is 3.32. The van der Waals surface area contributed by atoms with Crippen LogP contribution in [0.1, 0.15) is 37.7 Å². The summed E-state index contributed by atoms with van der Waals surface area (Å²) in [5, 5.41) is 6.67. The minimum absolute atomic E-state index is 0. The van der Waals surface area contributed by atoms with Crippen molar-refractivity contribution < 1.29 is 17.9 Å². The van der Waals surface area contributed by atoms with Gasteiger partial charge in [-0.05, 0) is 74.5 Å². The summed E-state index contributed by atoms with van der Waals surface area (Å²) in [5.41, 5.74) is 2.90. The molecule has 4 rings (SSSR count). The first-order valence-electron chi connectivity index (χ1n) is 11.1. The van der Waals surface area contributed by atoms with E-state index in [1.54, 1.807) is 0 Å². The lowest BCUT2D eigenvalue weighted by molar-refractivity contribution is 0.275. The molecule has 32 heavy (non-hydrogen) atoms. The zero-order chi connectivity index (χ0) is 21.5. The smallest absolute Gasteiger partial charge is 0.295 e. The predicted octanol–water partition coefficient (Wildman–Crippen LogP) is 5.73. The maximum Gasteiger partial charge on any atom is 0.295 e. The van der Waals surface area contributed by atoms with Crippen LogP contribution in [0.5, 0.6) is 5.75 Å². The van der Waals surface area contributed by atoms with Crippen LogP contribution in [0.15, 0.2) is 40.8 Å². The molecule has 0 bridgehead atoms. The number of unbranched alkanes of at least 4 members (excludes halogenated alkanes) is 3. The van der Waals surface area contributed by atoms with E-state index >= 15 is 0 Å². The number of halogens is 3. The highest BCUT2D eigenvalue weighted by Crippen LogP contribution is 2.23. The number of hydrogen-bond donors (Lipinski definition) is 2. The van der Waals surface area contributed by atoms with Gasteiger partial charge in [0.25, 0.3) is 6.01 Å². The van der Waals surface area contributed by atoms with Gasteiger partial charge in [0.1, 0.15) is 5.52 Å². The standard InChI is InChI=1S/C24H29F2N3O2.ClH/c25-19-7-5-8-20(26)23(19)30-13-4-2-1-3-6-17-9-10-21-22(14-17)31-24(29-21)28-16-18-11-12-27-15-18;/h5,7-10,14,18,27H,1-4,6,11-13,15-16H2,(H,28,29);1H/t18-;/m0./s1. The van der Waals surface area contributed by atoms with Crippen LogP contribution < -0.4 is 15.4 Å². The highest BCUT2D eigenvalue weighted by atomic mass is 35.5. The molecule has 1 aliphatic heterocycles. The fourth-order valence-corrected chi connectivity index (χ4v) is 3.90. The molecule has 0 aliphatic carbocycles. The molecule has 0 spiro atoms. The Hall–Kier alpha value is -2.38. The van der Waals surface area contributed by atoms with Gasteiger partial charge in [0.2, 0.25) is 0 Å². The molecule has 8 heteroatoms. The van der Waals surface area contributed by atoms with Gasteiger partial charge in [0, 0.05) is 6.54 Å². The Morgan fingerprint density at radius 2 is 1.91 bits per heavy atom. The molecule has 1 fully saturated rings. The maximum atomic E-state index is 13.5. The summed E-state index contributed by atoms with van der Waals surface area (Å²) < 4.78 is 38.1. The SMILES string of the molecule is Cl.Fc1cccc(F)c1OCCCCCCc1ccc2nc(NC[C@H]3CCNC3)oc2c1. The van der Waals surface area contributed by atoms with Gasteiger partial charge in [0.05, 0.1) is 6.61 Å². The van der Waals surface area contributed by atoms with Gasteiger partial charge in [-0.3, -0.25) is 0 Å². The lowest BCUT2D eigenvalue weighted by Crippen LogP contribution is -2.17. The van der Waals surface area contributed by atoms with Gasteiger partial charge < -0.3 is 19.8 Å². The molecule has 3 aromatic rings. The second kappa shape index (κ2) is 12.0. The number of nitrogens with one attached hydrogen (secondary N) is 2. The normalized spacial score (nSPS) is 15.6. The minimum Gasteiger partial charge on any atom is -0.488 e. The largest absolute Gasteiger partial charge is 0.488 e. The van der Waals surface area contributed by atoms with E-state index < -0.39 is 11.6 Å². The van der Waals surface area contributed by atoms with Crippen LogP contribution in [-0.2, 0) is 6.42 Å². The molecule has 2 aromatic carbocycles. The topological polar surface area (TPSA) is 59.3 Å². The van der Waals surface area contributed by atoms with Crippen LogP contribution in [-0.4, -0.2) is 31.2 Å². The quantitative estimate of drug-likeness (QED) is 0.354. The molecular weight excluding hydrogens is 436 g/mol. The molecule has 1 atom stereocenters. The van der Waals surface area contributed by atoms with E-state index in [0.29, 0.717) is 18.5 Å². The van der Waals surface area contributed by atoms with E-state index in [-0.39, 0.29) is 18.2 Å². The highest BCUT2D eigenvalue weighted by molar-refractivity contribution is 5.85. The minimum atomic E-state index is -0.656. The van der Waals surface area contributed by atoms with Crippen molar-refractivity contribution >= 4 is 29.5 Å². The maximum absolute atomic E-state index is 13.5. The number of nitrogens with zero attached hydrogens (tertiary/aromatic N) is 1. The van der Waals surface area contributed by atoms with Gasteiger partial charge in [-0.25, -0.2) is 8.78 Å². The molecule has 1 aliphatic rings. The van der Waals surface area contributed by atoms with Gasteiger partial charge in [-0.15, -0.1) is 12.4 Å². The predicted molar refractivity (Wildman–Crippen MR) is 125 cm³/mol. The van der Waals surface area contributed by atoms with Crippen molar-refractivity contribution in [3.63, 3.8) is 0 Å². The molecule has 174 valence electrons. The van der Waals surface area contributed by atoms with Crippen LogP contribution in [0.4, 0.5) is 14.8 Å². The Morgan fingerprint density at radius 1 is 1.09 bits per heavy atom. The third kappa shape index (κ3) is 6.56. The monoisotopic (exact) mass is 465 g/mol. The molecule has 1 aromatic heterocycles. The Labute approximate surface area is 193 Å². The molecule has 0 amide bonds. The summed E-state index contributed by atoms with van der Waals surface area (Å²) in [5.74, 6) is -0.966. The molecule has 0 saturated carbocycles. The van der Waals surface area contributed by atoms with Crippen molar-refractivity contribution in [3.8, 4) is 5.75 Å². The summed E-state index contributed by atoms with van der Waals surface area (Å²) in [7, 11) is 0. The first-order valence-corrected chi connectivity index (χ1v) is 11.1. The summed E-state index contributed by atoms with van der Waals surface area (Å²) >= 11 is 0. The number of rotatable bonds is 11. The Kier molecular flexibility index (Phi) is 9.11. The number of benzene rings is 2. The number of para-hydroxylation sites is 1. The van der Waals surface area contributed by atoms with Crippen molar-refractivity contribution in [3.05, 3.63) is 53.6 Å². The van der Waals surface area contributed by atoms with E-state index in [1.165, 1.54) is 30.2 Å². The first kappa shape index (κ1) is 24.3.